The number of carbonyl (C=O) groups excluding carboxylic acids is 2. The zero-order valence-corrected chi connectivity index (χ0v) is 17.5. The molecule has 27 heavy (non-hydrogen) atoms. The van der Waals surface area contributed by atoms with E-state index in [9.17, 15) is 9.59 Å². The molecule has 6 heteroatoms. The van der Waals surface area contributed by atoms with Crippen LogP contribution in [-0.4, -0.2) is 40.1 Å². The SMILES string of the molecule is CC[C@H](C)N(C(=O)OC(C)(C)C)c1ccc([C@@H]2CCCCN2C(C)=O)cn1. The van der Waals surface area contributed by atoms with Crippen molar-refractivity contribution in [3.8, 4) is 0 Å². The number of piperidine rings is 1. The molecule has 150 valence electrons. The highest BCUT2D eigenvalue weighted by atomic mass is 16.6. The molecule has 2 atom stereocenters. The molecule has 0 aromatic carbocycles. The van der Waals surface area contributed by atoms with Crippen LogP contribution in [0.2, 0.25) is 0 Å². The first-order chi connectivity index (χ1) is 12.6. The van der Waals surface area contributed by atoms with Crippen molar-refractivity contribution in [2.45, 2.75) is 84.9 Å². The van der Waals surface area contributed by atoms with Gasteiger partial charge in [-0.25, -0.2) is 9.78 Å². The van der Waals surface area contributed by atoms with Gasteiger partial charge >= 0.3 is 6.09 Å². The molecule has 0 bridgehead atoms. The molecule has 6 nitrogen and oxygen atoms in total. The molecule has 0 unspecified atom stereocenters. The molecule has 1 aliphatic heterocycles. The van der Waals surface area contributed by atoms with E-state index in [1.54, 1.807) is 18.0 Å². The third-order valence-corrected chi connectivity index (χ3v) is 4.93. The molecule has 1 aromatic heterocycles. The molecule has 1 saturated heterocycles. The molecule has 0 saturated carbocycles. The fourth-order valence-electron chi connectivity index (χ4n) is 3.39. The van der Waals surface area contributed by atoms with Crippen LogP contribution in [0.15, 0.2) is 18.3 Å². The lowest BCUT2D eigenvalue weighted by atomic mass is 9.96. The molecule has 1 aliphatic rings. The van der Waals surface area contributed by atoms with Gasteiger partial charge in [-0.3, -0.25) is 9.69 Å². The molecule has 1 aromatic rings. The number of pyridine rings is 1. The van der Waals surface area contributed by atoms with Crippen LogP contribution >= 0.6 is 0 Å². The minimum absolute atomic E-state index is 0.0263. The molecule has 2 heterocycles. The third kappa shape index (κ3) is 5.44. The van der Waals surface area contributed by atoms with E-state index in [-0.39, 0.29) is 24.1 Å². The van der Waals surface area contributed by atoms with Crippen molar-refractivity contribution in [2.75, 3.05) is 11.4 Å². The van der Waals surface area contributed by atoms with Crippen molar-refractivity contribution in [3.63, 3.8) is 0 Å². The summed E-state index contributed by atoms with van der Waals surface area (Å²) in [4.78, 5) is 32.7. The number of carbonyl (C=O) groups is 2. The Morgan fingerprint density at radius 2 is 2.04 bits per heavy atom. The predicted molar refractivity (Wildman–Crippen MR) is 107 cm³/mol. The first-order valence-electron chi connectivity index (χ1n) is 9.89. The maximum Gasteiger partial charge on any atom is 0.416 e. The fraction of sp³-hybridized carbons (Fsp3) is 0.667. The van der Waals surface area contributed by atoms with Gasteiger partial charge in [0.15, 0.2) is 0 Å². The zero-order valence-electron chi connectivity index (χ0n) is 17.5. The first-order valence-corrected chi connectivity index (χ1v) is 9.89. The van der Waals surface area contributed by atoms with Gasteiger partial charge < -0.3 is 9.64 Å². The average molecular weight is 376 g/mol. The number of aromatic nitrogens is 1. The van der Waals surface area contributed by atoms with Crippen LogP contribution in [0, 0.1) is 0 Å². The molecule has 0 spiro atoms. The van der Waals surface area contributed by atoms with Crippen LogP contribution < -0.4 is 4.90 Å². The third-order valence-electron chi connectivity index (χ3n) is 4.93. The van der Waals surface area contributed by atoms with Crippen LogP contribution in [-0.2, 0) is 9.53 Å². The summed E-state index contributed by atoms with van der Waals surface area (Å²) >= 11 is 0. The van der Waals surface area contributed by atoms with E-state index in [1.807, 2.05) is 51.7 Å². The first kappa shape index (κ1) is 21.2. The number of nitrogens with zero attached hydrogens (tertiary/aromatic N) is 3. The van der Waals surface area contributed by atoms with Crippen molar-refractivity contribution in [1.82, 2.24) is 9.88 Å². The second-order valence-corrected chi connectivity index (χ2v) is 8.28. The Morgan fingerprint density at radius 1 is 1.33 bits per heavy atom. The quantitative estimate of drug-likeness (QED) is 0.765. The number of rotatable bonds is 4. The lowest BCUT2D eigenvalue weighted by Crippen LogP contribution is -2.42. The molecule has 0 N–H and O–H groups in total. The second kappa shape index (κ2) is 8.72. The number of amides is 2. The van der Waals surface area contributed by atoms with Crippen LogP contribution in [0.1, 0.15) is 78.8 Å². The highest BCUT2D eigenvalue weighted by molar-refractivity contribution is 5.87. The normalized spacial score (nSPS) is 18.7. The summed E-state index contributed by atoms with van der Waals surface area (Å²) < 4.78 is 5.57. The smallest absolute Gasteiger partial charge is 0.416 e. The Labute approximate surface area is 162 Å². The Morgan fingerprint density at radius 3 is 2.56 bits per heavy atom. The molecule has 1 fully saturated rings. The standard InChI is InChI=1S/C21H33N3O3/c1-7-15(2)24(20(26)27-21(4,5)6)19-12-11-17(14-22-19)18-10-8-9-13-23(18)16(3)25/h11-12,14-15,18H,7-10,13H2,1-6H3/t15-,18-/m0/s1. The van der Waals surface area contributed by atoms with Crippen LogP contribution in [0.3, 0.4) is 0 Å². The summed E-state index contributed by atoms with van der Waals surface area (Å²) in [6.07, 6.45) is 5.29. The molecular weight excluding hydrogens is 342 g/mol. The Hall–Kier alpha value is -2.11. The topological polar surface area (TPSA) is 62.7 Å². The van der Waals surface area contributed by atoms with Gasteiger partial charge in [-0.05, 0) is 65.0 Å². The summed E-state index contributed by atoms with van der Waals surface area (Å²) in [7, 11) is 0. The van der Waals surface area contributed by atoms with Crippen molar-refractivity contribution in [3.05, 3.63) is 23.9 Å². The number of likely N-dealkylation sites (tertiary alicyclic amines) is 1. The van der Waals surface area contributed by atoms with Crippen LogP contribution in [0.5, 0.6) is 0 Å². The van der Waals surface area contributed by atoms with E-state index in [2.05, 4.69) is 4.98 Å². The average Bonchev–Trinajstić information content (AvgIpc) is 2.60. The van der Waals surface area contributed by atoms with Gasteiger partial charge in [-0.15, -0.1) is 0 Å². The maximum atomic E-state index is 12.7. The minimum Gasteiger partial charge on any atom is -0.443 e. The van der Waals surface area contributed by atoms with E-state index in [0.717, 1.165) is 37.8 Å². The molecule has 0 aliphatic carbocycles. The Bertz CT molecular complexity index is 652. The van der Waals surface area contributed by atoms with Crippen LogP contribution in [0.25, 0.3) is 0 Å². The minimum atomic E-state index is -0.563. The second-order valence-electron chi connectivity index (χ2n) is 8.28. The number of ether oxygens (including phenoxy) is 1. The molecule has 0 radical (unpaired) electrons. The van der Waals surface area contributed by atoms with Gasteiger partial charge in [-0.1, -0.05) is 13.0 Å². The monoisotopic (exact) mass is 375 g/mol. The molecule has 2 amide bonds. The van der Waals surface area contributed by atoms with Crippen LogP contribution in [0.4, 0.5) is 10.6 Å². The van der Waals surface area contributed by atoms with Crippen molar-refractivity contribution >= 4 is 17.8 Å². The number of hydrogen-bond acceptors (Lipinski definition) is 4. The lowest BCUT2D eigenvalue weighted by Gasteiger charge is -2.35. The fourth-order valence-corrected chi connectivity index (χ4v) is 3.39. The summed E-state index contributed by atoms with van der Waals surface area (Å²) in [6.45, 7) is 12.0. The van der Waals surface area contributed by atoms with E-state index in [4.69, 9.17) is 4.74 Å². The summed E-state index contributed by atoms with van der Waals surface area (Å²) in [5, 5.41) is 0. The lowest BCUT2D eigenvalue weighted by molar-refractivity contribution is -0.132. The van der Waals surface area contributed by atoms with E-state index >= 15 is 0 Å². The van der Waals surface area contributed by atoms with Gasteiger partial charge in [0.25, 0.3) is 0 Å². The molecule has 2 rings (SSSR count). The molecular formula is C21H33N3O3. The van der Waals surface area contributed by atoms with E-state index in [1.165, 1.54) is 0 Å². The van der Waals surface area contributed by atoms with E-state index in [0.29, 0.717) is 5.82 Å². The van der Waals surface area contributed by atoms with Crippen molar-refractivity contribution < 1.29 is 14.3 Å². The van der Waals surface area contributed by atoms with E-state index < -0.39 is 5.60 Å². The highest BCUT2D eigenvalue weighted by Gasteiger charge is 2.29. The maximum absolute atomic E-state index is 12.7. The van der Waals surface area contributed by atoms with Gasteiger partial charge in [0, 0.05) is 25.7 Å². The summed E-state index contributed by atoms with van der Waals surface area (Å²) in [5.41, 5.74) is 0.453. The predicted octanol–water partition coefficient (Wildman–Crippen LogP) is 4.70. The van der Waals surface area contributed by atoms with Gasteiger partial charge in [0.1, 0.15) is 11.4 Å². The Balaban J connectivity index is 2.26. The largest absolute Gasteiger partial charge is 0.443 e. The van der Waals surface area contributed by atoms with Gasteiger partial charge in [-0.2, -0.15) is 0 Å². The summed E-state index contributed by atoms with van der Waals surface area (Å²) in [6, 6.07) is 3.88. The van der Waals surface area contributed by atoms with Gasteiger partial charge in [0.05, 0.1) is 6.04 Å². The summed E-state index contributed by atoms with van der Waals surface area (Å²) in [5.74, 6) is 0.672. The number of hydrogen-bond donors (Lipinski definition) is 0. The number of anilines is 1. The zero-order chi connectivity index (χ0) is 20.2. The van der Waals surface area contributed by atoms with Crippen molar-refractivity contribution in [1.29, 1.82) is 0 Å². The Kier molecular flexibility index (Phi) is 6.84. The highest BCUT2D eigenvalue weighted by Crippen LogP contribution is 2.31. The van der Waals surface area contributed by atoms with Crippen molar-refractivity contribution in [2.24, 2.45) is 0 Å². The van der Waals surface area contributed by atoms with Gasteiger partial charge in [0.2, 0.25) is 5.91 Å².